The van der Waals surface area contributed by atoms with Crippen molar-refractivity contribution >= 4 is 59.3 Å². The molecule has 0 N–H and O–H groups in total. The molecule has 0 saturated heterocycles. The van der Waals surface area contributed by atoms with E-state index in [0.717, 1.165) is 5.69 Å². The molecule has 3 aliphatic carbocycles. The Labute approximate surface area is 377 Å². The molecule has 0 unspecified atom stereocenters. The monoisotopic (exact) mass is 833 g/mol. The van der Waals surface area contributed by atoms with E-state index in [2.05, 4.69) is 183 Å². The lowest BCUT2D eigenvalue weighted by molar-refractivity contribution is 0.443. The molecule has 2 saturated carbocycles. The molecule has 63 heavy (non-hydrogen) atoms. The molecule has 1 nitrogen and oxygen atoms in total. The molecule has 9 aromatic rings. The van der Waals surface area contributed by atoms with Crippen LogP contribution in [0.2, 0.25) is 0 Å². The summed E-state index contributed by atoms with van der Waals surface area (Å²) in [7, 11) is 0. The lowest BCUT2D eigenvalue weighted by Crippen LogP contribution is -2.16. The molecule has 8 aromatic carbocycles. The number of hydrogen-bond donors (Lipinski definition) is 0. The highest BCUT2D eigenvalue weighted by Gasteiger charge is 2.38. The Bertz CT molecular complexity index is 3150. The molecule has 0 atom stereocenters. The minimum absolute atomic E-state index is 0.0716. The van der Waals surface area contributed by atoms with E-state index in [-0.39, 0.29) is 5.41 Å². The highest BCUT2D eigenvalue weighted by Crippen LogP contribution is 2.55. The van der Waals surface area contributed by atoms with Crippen molar-refractivity contribution in [2.24, 2.45) is 0 Å². The number of benzene rings is 8. The van der Waals surface area contributed by atoms with Crippen LogP contribution in [-0.2, 0) is 5.41 Å². The quantitative estimate of drug-likeness (QED) is 0.155. The molecule has 310 valence electrons. The van der Waals surface area contributed by atoms with E-state index >= 15 is 0 Å². The summed E-state index contributed by atoms with van der Waals surface area (Å²) in [6.07, 6.45) is 13.4. The second kappa shape index (κ2) is 15.7. The van der Waals surface area contributed by atoms with Gasteiger partial charge >= 0.3 is 0 Å². The summed E-state index contributed by atoms with van der Waals surface area (Å²) in [5.74, 6) is 1.33. The smallest absolute Gasteiger partial charge is 0.0547 e. The van der Waals surface area contributed by atoms with Crippen molar-refractivity contribution in [3.05, 3.63) is 186 Å². The first-order chi connectivity index (χ1) is 31.0. The first kappa shape index (κ1) is 38.7. The van der Waals surface area contributed by atoms with E-state index in [1.54, 1.807) is 5.56 Å². The van der Waals surface area contributed by atoms with E-state index in [9.17, 15) is 0 Å². The summed E-state index contributed by atoms with van der Waals surface area (Å²) in [6.45, 7) is 4.88. The van der Waals surface area contributed by atoms with Crippen LogP contribution in [0.3, 0.4) is 0 Å². The van der Waals surface area contributed by atoms with Gasteiger partial charge < -0.3 is 4.90 Å². The minimum atomic E-state index is -0.0716. The fourth-order valence-corrected chi connectivity index (χ4v) is 13.2. The Morgan fingerprint density at radius 2 is 1.13 bits per heavy atom. The van der Waals surface area contributed by atoms with Gasteiger partial charge in [0.25, 0.3) is 0 Å². The molecule has 0 amide bonds. The van der Waals surface area contributed by atoms with E-state index < -0.39 is 0 Å². The van der Waals surface area contributed by atoms with Gasteiger partial charge in [-0.3, -0.25) is 0 Å². The number of nitrogens with zero attached hydrogens (tertiary/aromatic N) is 1. The van der Waals surface area contributed by atoms with Crippen LogP contribution in [-0.4, -0.2) is 0 Å². The molecule has 1 aromatic heterocycles. The molecule has 2 heteroatoms. The summed E-state index contributed by atoms with van der Waals surface area (Å²) in [5, 5.41) is 5.17. The minimum Gasteiger partial charge on any atom is -0.310 e. The highest BCUT2D eigenvalue weighted by atomic mass is 32.1. The Morgan fingerprint density at radius 3 is 1.90 bits per heavy atom. The van der Waals surface area contributed by atoms with Crippen molar-refractivity contribution < 1.29 is 0 Å². The molecule has 0 aliphatic heterocycles. The zero-order chi connectivity index (χ0) is 42.1. The standard InChI is InChI=1S/C61H55NS/c1-61(2)54-37-36-47(39-53(54)58-48(22-14-25-55(58)61)44-17-7-4-8-18-44)62(46-34-31-43(32-35-46)42-29-27-41(28-30-42)40-15-5-3-6-16-40)56-38-33-45-19-9-10-20-49(45)59(56)52-24-13-23-51-50-21-11-12-26-57(50)63-60(51)52/h9-14,19-40,44H,3-8,15-18H2,1-2H3. The number of fused-ring (bicyclic) bond motifs is 7. The summed E-state index contributed by atoms with van der Waals surface area (Å²) < 4.78 is 2.67. The fourth-order valence-electron chi connectivity index (χ4n) is 12.0. The third-order valence-corrected chi connectivity index (χ3v) is 16.5. The second-order valence-electron chi connectivity index (χ2n) is 19.3. The lowest BCUT2D eigenvalue weighted by Gasteiger charge is -2.30. The SMILES string of the molecule is CC1(C)c2ccc(N(c3ccc(-c4ccc(C5CCCCC5)cc4)cc3)c3ccc4ccccc4c3-c3cccc4c3sc3ccccc34)cc2-c2c(C3CCCCC3)cccc21. The average Bonchev–Trinajstić information content (AvgIpc) is 3.84. The van der Waals surface area contributed by atoms with Crippen LogP contribution in [0.15, 0.2) is 164 Å². The molecule has 1 heterocycles. The first-order valence-electron chi connectivity index (χ1n) is 23.7. The number of rotatable bonds is 7. The van der Waals surface area contributed by atoms with Gasteiger partial charge in [-0.25, -0.2) is 0 Å². The van der Waals surface area contributed by atoms with Crippen molar-refractivity contribution in [2.45, 2.75) is 95.3 Å². The van der Waals surface area contributed by atoms with Gasteiger partial charge in [-0.2, -0.15) is 0 Å². The van der Waals surface area contributed by atoms with E-state index in [1.807, 2.05) is 11.3 Å². The molecular formula is C61H55NS. The predicted molar refractivity (Wildman–Crippen MR) is 272 cm³/mol. The van der Waals surface area contributed by atoms with Crippen LogP contribution >= 0.6 is 11.3 Å². The number of thiophene rings is 1. The largest absolute Gasteiger partial charge is 0.310 e. The highest BCUT2D eigenvalue weighted by molar-refractivity contribution is 7.26. The van der Waals surface area contributed by atoms with Crippen molar-refractivity contribution in [1.29, 1.82) is 0 Å². The molecule has 12 rings (SSSR count). The summed E-state index contributed by atoms with van der Waals surface area (Å²) in [6, 6.07) is 63.1. The molecule has 0 radical (unpaired) electrons. The lowest BCUT2D eigenvalue weighted by atomic mass is 9.78. The van der Waals surface area contributed by atoms with E-state index in [1.165, 1.54) is 157 Å². The third kappa shape index (κ3) is 6.55. The van der Waals surface area contributed by atoms with Crippen LogP contribution in [0.25, 0.3) is 64.3 Å². The molecular weight excluding hydrogens is 779 g/mol. The Balaban J connectivity index is 1.06. The fraction of sp³-hybridized carbons (Fsp3) is 0.246. The summed E-state index contributed by atoms with van der Waals surface area (Å²) in [5.41, 5.74) is 17.5. The summed E-state index contributed by atoms with van der Waals surface area (Å²) >= 11 is 1.92. The number of anilines is 3. The molecule has 0 bridgehead atoms. The first-order valence-corrected chi connectivity index (χ1v) is 24.5. The van der Waals surface area contributed by atoms with Gasteiger partial charge in [0, 0.05) is 48.1 Å². The van der Waals surface area contributed by atoms with Crippen LogP contribution in [0.5, 0.6) is 0 Å². The Hall–Kier alpha value is -5.96. The second-order valence-corrected chi connectivity index (χ2v) is 20.3. The van der Waals surface area contributed by atoms with Gasteiger partial charge in [-0.15, -0.1) is 11.3 Å². The van der Waals surface area contributed by atoms with Gasteiger partial charge in [0.1, 0.15) is 0 Å². The predicted octanol–water partition coefficient (Wildman–Crippen LogP) is 18.4. The van der Waals surface area contributed by atoms with Gasteiger partial charge in [0.2, 0.25) is 0 Å². The van der Waals surface area contributed by atoms with Gasteiger partial charge in [0.05, 0.1) is 5.69 Å². The van der Waals surface area contributed by atoms with Crippen LogP contribution in [0.1, 0.15) is 112 Å². The van der Waals surface area contributed by atoms with E-state index in [0.29, 0.717) is 11.8 Å². The maximum atomic E-state index is 2.57. The van der Waals surface area contributed by atoms with Crippen LogP contribution in [0.4, 0.5) is 17.1 Å². The van der Waals surface area contributed by atoms with Gasteiger partial charge in [-0.05, 0) is 129 Å². The van der Waals surface area contributed by atoms with Crippen LogP contribution in [0, 0.1) is 0 Å². The van der Waals surface area contributed by atoms with Crippen molar-refractivity contribution in [2.75, 3.05) is 4.90 Å². The molecule has 3 aliphatic rings. The number of hydrogen-bond acceptors (Lipinski definition) is 2. The zero-order valence-electron chi connectivity index (χ0n) is 36.7. The van der Waals surface area contributed by atoms with Crippen molar-refractivity contribution in [3.8, 4) is 33.4 Å². The van der Waals surface area contributed by atoms with Crippen molar-refractivity contribution in [3.63, 3.8) is 0 Å². The Kier molecular flexibility index (Phi) is 9.63. The topological polar surface area (TPSA) is 3.24 Å². The van der Waals surface area contributed by atoms with Crippen molar-refractivity contribution in [1.82, 2.24) is 0 Å². The van der Waals surface area contributed by atoms with Gasteiger partial charge in [-0.1, -0.05) is 180 Å². The Morgan fingerprint density at radius 1 is 0.476 bits per heavy atom. The summed E-state index contributed by atoms with van der Waals surface area (Å²) in [4.78, 5) is 2.57. The maximum absolute atomic E-state index is 2.57. The van der Waals surface area contributed by atoms with E-state index in [4.69, 9.17) is 0 Å². The maximum Gasteiger partial charge on any atom is 0.0547 e. The van der Waals surface area contributed by atoms with Gasteiger partial charge in [0.15, 0.2) is 0 Å². The zero-order valence-corrected chi connectivity index (χ0v) is 37.5. The normalized spacial score (nSPS) is 16.4. The molecule has 2 fully saturated rings. The third-order valence-electron chi connectivity index (χ3n) is 15.3. The van der Waals surface area contributed by atoms with Crippen LogP contribution < -0.4 is 4.90 Å². The molecule has 0 spiro atoms. The average molecular weight is 834 g/mol.